The SMILES string of the molecule is Cc1cc2c(cn1)C(NS(=O)C(C)(C)C)=CC2. The Labute approximate surface area is 105 Å². The molecule has 1 unspecified atom stereocenters. The van der Waals surface area contributed by atoms with E-state index >= 15 is 0 Å². The molecular weight excluding hydrogens is 232 g/mol. The van der Waals surface area contributed by atoms with Gasteiger partial charge in [0, 0.05) is 17.5 Å². The number of pyridine rings is 1. The molecule has 1 aromatic rings. The van der Waals surface area contributed by atoms with Gasteiger partial charge in [0.1, 0.15) is 11.0 Å². The lowest BCUT2D eigenvalue weighted by Gasteiger charge is -2.19. The maximum atomic E-state index is 12.0. The molecule has 2 rings (SSSR count). The highest BCUT2D eigenvalue weighted by Crippen LogP contribution is 2.26. The van der Waals surface area contributed by atoms with E-state index < -0.39 is 11.0 Å². The number of fused-ring (bicyclic) bond motifs is 1. The monoisotopic (exact) mass is 250 g/mol. The molecule has 3 nitrogen and oxygen atoms in total. The van der Waals surface area contributed by atoms with Crippen LogP contribution in [0.25, 0.3) is 5.70 Å². The number of rotatable bonds is 2. The van der Waals surface area contributed by atoms with Crippen LogP contribution in [0, 0.1) is 6.92 Å². The van der Waals surface area contributed by atoms with Crippen molar-refractivity contribution in [2.24, 2.45) is 0 Å². The molecule has 0 radical (unpaired) electrons. The van der Waals surface area contributed by atoms with E-state index in [1.807, 2.05) is 33.9 Å². The molecule has 0 fully saturated rings. The maximum Gasteiger partial charge on any atom is 0.122 e. The van der Waals surface area contributed by atoms with Crippen LogP contribution in [0.1, 0.15) is 37.6 Å². The van der Waals surface area contributed by atoms with Crippen LogP contribution in [0.2, 0.25) is 0 Å². The van der Waals surface area contributed by atoms with E-state index in [1.54, 1.807) is 0 Å². The second-order valence-electron chi connectivity index (χ2n) is 5.29. The molecule has 1 heterocycles. The summed E-state index contributed by atoms with van der Waals surface area (Å²) in [7, 11) is -1.09. The molecule has 0 saturated heterocycles. The highest BCUT2D eigenvalue weighted by molar-refractivity contribution is 7.84. The van der Waals surface area contributed by atoms with Crippen molar-refractivity contribution < 1.29 is 4.21 Å². The zero-order valence-electron chi connectivity index (χ0n) is 10.7. The van der Waals surface area contributed by atoms with Gasteiger partial charge in [-0.25, -0.2) is 4.21 Å². The summed E-state index contributed by atoms with van der Waals surface area (Å²) >= 11 is 0. The van der Waals surface area contributed by atoms with Gasteiger partial charge in [-0.2, -0.15) is 0 Å². The molecule has 1 N–H and O–H groups in total. The van der Waals surface area contributed by atoms with Gasteiger partial charge in [-0.1, -0.05) is 6.08 Å². The van der Waals surface area contributed by atoms with Gasteiger partial charge in [-0.05, 0) is 45.7 Å². The molecule has 1 atom stereocenters. The lowest BCUT2D eigenvalue weighted by Crippen LogP contribution is -2.32. The fourth-order valence-corrected chi connectivity index (χ4v) is 2.40. The third-order valence-corrected chi connectivity index (χ3v) is 4.22. The van der Waals surface area contributed by atoms with E-state index in [4.69, 9.17) is 0 Å². The Morgan fingerprint density at radius 3 is 2.76 bits per heavy atom. The second-order valence-corrected chi connectivity index (χ2v) is 7.25. The highest BCUT2D eigenvalue weighted by atomic mass is 32.2. The minimum atomic E-state index is -1.09. The fraction of sp³-hybridized carbons (Fsp3) is 0.462. The van der Waals surface area contributed by atoms with Crippen molar-refractivity contribution in [2.75, 3.05) is 0 Å². The maximum absolute atomic E-state index is 12.0. The number of allylic oxidation sites excluding steroid dienone is 1. The van der Waals surface area contributed by atoms with Crippen LogP contribution in [0.15, 0.2) is 18.3 Å². The van der Waals surface area contributed by atoms with Crippen molar-refractivity contribution in [3.63, 3.8) is 0 Å². The van der Waals surface area contributed by atoms with Crippen LogP contribution in [0.3, 0.4) is 0 Å². The van der Waals surface area contributed by atoms with Gasteiger partial charge in [0.15, 0.2) is 0 Å². The first-order chi connectivity index (χ1) is 7.88. The Balaban J connectivity index is 2.20. The minimum Gasteiger partial charge on any atom is -0.304 e. The van der Waals surface area contributed by atoms with Crippen LogP contribution in [-0.2, 0) is 17.4 Å². The molecule has 0 spiro atoms. The summed E-state index contributed by atoms with van der Waals surface area (Å²) in [4.78, 5) is 4.29. The Hall–Kier alpha value is -1.16. The largest absolute Gasteiger partial charge is 0.304 e. The quantitative estimate of drug-likeness (QED) is 0.875. The van der Waals surface area contributed by atoms with Gasteiger partial charge >= 0.3 is 0 Å². The van der Waals surface area contributed by atoms with E-state index in [2.05, 4.69) is 21.8 Å². The van der Waals surface area contributed by atoms with E-state index in [1.165, 1.54) is 5.56 Å². The summed E-state index contributed by atoms with van der Waals surface area (Å²) in [5.74, 6) is 0. The standard InChI is InChI=1S/C13H18N2OS/c1-9-7-10-5-6-12(11(10)8-14-9)15-17(16)13(2,3)4/h6-8,15H,5H2,1-4H3. The molecule has 4 heteroatoms. The molecule has 1 aliphatic carbocycles. The van der Waals surface area contributed by atoms with Gasteiger partial charge in [0.25, 0.3) is 0 Å². The number of aryl methyl sites for hydroxylation is 1. The zero-order valence-corrected chi connectivity index (χ0v) is 11.5. The molecule has 1 aromatic heterocycles. The van der Waals surface area contributed by atoms with E-state index in [0.717, 1.165) is 23.4 Å². The lowest BCUT2D eigenvalue weighted by molar-refractivity contribution is 0.645. The molecule has 0 aliphatic heterocycles. The lowest BCUT2D eigenvalue weighted by atomic mass is 10.1. The van der Waals surface area contributed by atoms with E-state index in [9.17, 15) is 4.21 Å². The summed E-state index contributed by atoms with van der Waals surface area (Å²) in [6.45, 7) is 7.86. The topological polar surface area (TPSA) is 42.0 Å². The van der Waals surface area contributed by atoms with Gasteiger partial charge in [0.05, 0.1) is 10.4 Å². The Bertz CT molecular complexity index is 501. The smallest absolute Gasteiger partial charge is 0.122 e. The van der Waals surface area contributed by atoms with Crippen molar-refractivity contribution in [3.05, 3.63) is 35.2 Å². The predicted octanol–water partition coefficient (Wildman–Crippen LogP) is 2.34. The normalized spacial score (nSPS) is 16.4. The van der Waals surface area contributed by atoms with Crippen LogP contribution >= 0.6 is 0 Å². The predicted molar refractivity (Wildman–Crippen MR) is 71.7 cm³/mol. The molecule has 0 amide bonds. The summed E-state index contributed by atoms with van der Waals surface area (Å²) in [6, 6.07) is 2.08. The van der Waals surface area contributed by atoms with Crippen LogP contribution < -0.4 is 4.72 Å². The van der Waals surface area contributed by atoms with Crippen molar-refractivity contribution in [3.8, 4) is 0 Å². The Kier molecular flexibility index (Phi) is 3.08. The Morgan fingerprint density at radius 1 is 1.41 bits per heavy atom. The number of hydrogen-bond donors (Lipinski definition) is 1. The van der Waals surface area contributed by atoms with Crippen molar-refractivity contribution in [2.45, 2.75) is 38.9 Å². The molecule has 0 aromatic carbocycles. The number of nitrogens with one attached hydrogen (secondary N) is 1. The zero-order chi connectivity index (χ0) is 12.6. The second kappa shape index (κ2) is 4.26. The average molecular weight is 250 g/mol. The van der Waals surface area contributed by atoms with E-state index in [0.29, 0.717) is 0 Å². The van der Waals surface area contributed by atoms with Gasteiger partial charge < -0.3 is 4.72 Å². The number of aromatic nitrogens is 1. The summed E-state index contributed by atoms with van der Waals surface area (Å²) in [5, 5.41) is 0. The third kappa shape index (κ3) is 2.57. The molecule has 0 bridgehead atoms. The number of nitrogens with zero attached hydrogens (tertiary/aromatic N) is 1. The molecule has 17 heavy (non-hydrogen) atoms. The molecule has 0 saturated carbocycles. The van der Waals surface area contributed by atoms with Gasteiger partial charge in [-0.15, -0.1) is 0 Å². The van der Waals surface area contributed by atoms with E-state index in [-0.39, 0.29) is 4.75 Å². The molecule has 92 valence electrons. The van der Waals surface area contributed by atoms with Crippen molar-refractivity contribution in [1.82, 2.24) is 9.71 Å². The average Bonchev–Trinajstić information content (AvgIpc) is 2.59. The van der Waals surface area contributed by atoms with Crippen LogP contribution in [0.4, 0.5) is 0 Å². The summed E-state index contributed by atoms with van der Waals surface area (Å²) in [5.41, 5.74) is 4.30. The van der Waals surface area contributed by atoms with Crippen molar-refractivity contribution >= 4 is 16.7 Å². The number of hydrogen-bond acceptors (Lipinski definition) is 2. The highest BCUT2D eigenvalue weighted by Gasteiger charge is 2.23. The van der Waals surface area contributed by atoms with Crippen molar-refractivity contribution in [1.29, 1.82) is 0 Å². The molecule has 1 aliphatic rings. The first kappa shape index (κ1) is 12.3. The minimum absolute atomic E-state index is 0.262. The van der Waals surface area contributed by atoms with Crippen LogP contribution in [-0.4, -0.2) is 13.9 Å². The first-order valence-corrected chi connectivity index (χ1v) is 6.87. The summed E-state index contributed by atoms with van der Waals surface area (Å²) < 4.78 is 14.9. The summed E-state index contributed by atoms with van der Waals surface area (Å²) in [6.07, 6.45) is 4.83. The van der Waals surface area contributed by atoms with Gasteiger partial charge in [-0.3, -0.25) is 4.98 Å². The van der Waals surface area contributed by atoms with Gasteiger partial charge in [0.2, 0.25) is 0 Å². The first-order valence-electron chi connectivity index (χ1n) is 5.72. The Morgan fingerprint density at radius 2 is 2.12 bits per heavy atom. The fourth-order valence-electron chi connectivity index (χ4n) is 1.70. The van der Waals surface area contributed by atoms with Crippen LogP contribution in [0.5, 0.6) is 0 Å². The third-order valence-electron chi connectivity index (χ3n) is 2.70. The molecular formula is C13H18N2OS.